The van der Waals surface area contributed by atoms with Crippen molar-refractivity contribution >= 4 is 11.7 Å². The van der Waals surface area contributed by atoms with E-state index in [0.717, 1.165) is 69.8 Å². The highest BCUT2D eigenvalue weighted by molar-refractivity contribution is 6.07. The van der Waals surface area contributed by atoms with Crippen LogP contribution in [0.4, 0.5) is 0 Å². The molecular formula is C37H59NO4. The zero-order valence-electron chi connectivity index (χ0n) is 28.1. The number of carbonyl (C=O) groups excluding carboxylic acids is 2. The van der Waals surface area contributed by atoms with Crippen LogP contribution in [0, 0.1) is 50.7 Å². The number of aliphatic hydroxyl groups excluding tert-OH is 1. The van der Waals surface area contributed by atoms with E-state index >= 15 is 0 Å². The fourth-order valence-corrected chi connectivity index (χ4v) is 12.9. The summed E-state index contributed by atoms with van der Waals surface area (Å²) in [5.74, 6) is 1.77. The van der Waals surface area contributed by atoms with Crippen molar-refractivity contribution in [3.05, 3.63) is 11.1 Å². The van der Waals surface area contributed by atoms with Crippen LogP contribution in [0.2, 0.25) is 0 Å². The summed E-state index contributed by atoms with van der Waals surface area (Å²) in [6, 6.07) is -0.194. The molecule has 5 fully saturated rings. The summed E-state index contributed by atoms with van der Waals surface area (Å²) < 4.78 is 0. The standard InChI is InChI=1S/C37H59NO4/c1-22(2)29-24(39)21-37(31(41)38-20-10-11-27(38)33(5,6)42)19-18-35(8)23(30(29)37)12-13-26-34(7)16-15-28(40)32(3,4)25(34)14-17-36(26,35)9/h22-23,25-28,40,42H,10-21H2,1-9H3/t23-,25+,26-,27+,28+,34+,35-,36-,37-/m1/s1. The summed E-state index contributed by atoms with van der Waals surface area (Å²) in [6.45, 7) is 20.9. The first-order valence-electron chi connectivity index (χ1n) is 17.4. The van der Waals surface area contributed by atoms with E-state index in [1.807, 2.05) is 18.7 Å². The number of carbonyl (C=O) groups is 2. The first-order valence-corrected chi connectivity index (χ1v) is 17.4. The van der Waals surface area contributed by atoms with Crippen molar-refractivity contribution in [1.82, 2.24) is 4.90 Å². The maximum atomic E-state index is 14.9. The Bertz CT molecular complexity index is 1190. The van der Waals surface area contributed by atoms with Crippen molar-refractivity contribution in [3.8, 4) is 0 Å². The molecule has 6 rings (SSSR count). The molecule has 1 aliphatic heterocycles. The van der Waals surface area contributed by atoms with E-state index in [1.54, 1.807) is 0 Å². The lowest BCUT2D eigenvalue weighted by Gasteiger charge is -2.72. The minimum Gasteiger partial charge on any atom is -0.393 e. The molecule has 236 valence electrons. The Kier molecular flexibility index (Phi) is 6.90. The van der Waals surface area contributed by atoms with Crippen LogP contribution in [-0.4, -0.2) is 51.1 Å². The number of nitrogens with zero attached hydrogens (tertiary/aromatic N) is 1. The Morgan fingerprint density at radius 1 is 0.905 bits per heavy atom. The number of ketones is 1. The topological polar surface area (TPSA) is 77.8 Å². The molecule has 42 heavy (non-hydrogen) atoms. The van der Waals surface area contributed by atoms with Gasteiger partial charge in [-0.3, -0.25) is 9.59 Å². The molecule has 0 radical (unpaired) electrons. The Morgan fingerprint density at radius 2 is 1.60 bits per heavy atom. The van der Waals surface area contributed by atoms with E-state index in [9.17, 15) is 19.8 Å². The predicted molar refractivity (Wildman–Crippen MR) is 166 cm³/mol. The largest absolute Gasteiger partial charge is 0.393 e. The van der Waals surface area contributed by atoms with Gasteiger partial charge in [-0.25, -0.2) is 0 Å². The molecule has 5 nitrogen and oxygen atoms in total. The van der Waals surface area contributed by atoms with Gasteiger partial charge in [0.15, 0.2) is 5.78 Å². The molecule has 0 aromatic carbocycles. The van der Waals surface area contributed by atoms with Gasteiger partial charge in [-0.05, 0) is 135 Å². The van der Waals surface area contributed by atoms with Crippen LogP contribution in [0.15, 0.2) is 11.1 Å². The van der Waals surface area contributed by atoms with E-state index in [1.165, 1.54) is 5.57 Å². The number of fused-ring (bicyclic) bond motifs is 7. The lowest BCUT2D eigenvalue weighted by atomic mass is 9.33. The first kappa shape index (κ1) is 30.8. The van der Waals surface area contributed by atoms with Gasteiger partial charge in [-0.15, -0.1) is 0 Å². The molecule has 0 spiro atoms. The number of allylic oxidation sites excluding steroid dienone is 1. The molecule has 0 aromatic heterocycles. The fraction of sp³-hybridized carbons (Fsp3) is 0.892. The molecule has 6 aliphatic rings. The van der Waals surface area contributed by atoms with E-state index in [0.29, 0.717) is 24.8 Å². The maximum absolute atomic E-state index is 14.9. The molecule has 0 bridgehead atoms. The summed E-state index contributed by atoms with van der Waals surface area (Å²) >= 11 is 0. The van der Waals surface area contributed by atoms with Gasteiger partial charge in [0.2, 0.25) is 5.91 Å². The second kappa shape index (κ2) is 9.41. The second-order valence-corrected chi connectivity index (χ2v) is 18.0. The average Bonchev–Trinajstić information content (AvgIpc) is 3.50. The SMILES string of the molecule is CC(C)C1=C2[C@H]3CC[C@@H]4[C@@]5(C)CC[C@H](O)C(C)(C)[C@@H]5CC[C@@]4(C)[C@]3(C)CC[C@@]2(C(=O)N2CCC[C@H]2C(C)(C)O)CC1=O. The first-order chi connectivity index (χ1) is 19.4. The molecule has 2 N–H and O–H groups in total. The number of aliphatic hydroxyl groups is 2. The zero-order chi connectivity index (χ0) is 30.8. The van der Waals surface area contributed by atoms with Crippen LogP contribution in [0.1, 0.15) is 133 Å². The fourth-order valence-electron chi connectivity index (χ4n) is 12.9. The van der Waals surface area contributed by atoms with Crippen LogP contribution in [-0.2, 0) is 9.59 Å². The second-order valence-electron chi connectivity index (χ2n) is 18.0. The van der Waals surface area contributed by atoms with Gasteiger partial charge in [-0.1, -0.05) is 48.5 Å². The van der Waals surface area contributed by atoms with Crippen molar-refractivity contribution < 1.29 is 19.8 Å². The number of rotatable bonds is 3. The van der Waals surface area contributed by atoms with Gasteiger partial charge in [-0.2, -0.15) is 0 Å². The minimum absolute atomic E-state index is 0.0225. The van der Waals surface area contributed by atoms with E-state index in [4.69, 9.17) is 0 Å². The maximum Gasteiger partial charge on any atom is 0.233 e. The van der Waals surface area contributed by atoms with Crippen molar-refractivity contribution in [2.24, 2.45) is 50.7 Å². The van der Waals surface area contributed by atoms with Crippen LogP contribution in [0.3, 0.4) is 0 Å². The van der Waals surface area contributed by atoms with Crippen LogP contribution >= 0.6 is 0 Å². The van der Waals surface area contributed by atoms with Gasteiger partial charge in [0.25, 0.3) is 0 Å². The van der Waals surface area contributed by atoms with E-state index in [-0.39, 0.29) is 57.3 Å². The molecule has 1 amide bonds. The molecule has 0 unspecified atom stereocenters. The molecule has 1 saturated heterocycles. The van der Waals surface area contributed by atoms with Crippen molar-refractivity contribution in [1.29, 1.82) is 0 Å². The number of hydrogen-bond acceptors (Lipinski definition) is 4. The predicted octanol–water partition coefficient (Wildman–Crippen LogP) is 7.09. The third kappa shape index (κ3) is 3.80. The number of amides is 1. The Morgan fingerprint density at radius 3 is 2.24 bits per heavy atom. The smallest absolute Gasteiger partial charge is 0.233 e. The van der Waals surface area contributed by atoms with Gasteiger partial charge < -0.3 is 15.1 Å². The highest BCUT2D eigenvalue weighted by Crippen LogP contribution is 2.76. The Hall–Kier alpha value is -1.20. The van der Waals surface area contributed by atoms with Gasteiger partial charge in [0.05, 0.1) is 23.2 Å². The molecule has 9 atom stereocenters. The van der Waals surface area contributed by atoms with Crippen molar-refractivity contribution in [3.63, 3.8) is 0 Å². The highest BCUT2D eigenvalue weighted by atomic mass is 16.3. The van der Waals surface area contributed by atoms with Gasteiger partial charge in [0.1, 0.15) is 0 Å². The van der Waals surface area contributed by atoms with Crippen molar-refractivity contribution in [2.45, 2.75) is 151 Å². The normalized spacial score (nSPS) is 46.8. The molecule has 1 heterocycles. The average molecular weight is 582 g/mol. The number of Topliss-reactive ketones (excluding diaryl/α,β-unsaturated/α-hetero) is 1. The summed E-state index contributed by atoms with van der Waals surface area (Å²) in [7, 11) is 0. The van der Waals surface area contributed by atoms with Crippen LogP contribution in [0.5, 0.6) is 0 Å². The number of likely N-dealkylation sites (tertiary alicyclic amines) is 1. The zero-order valence-corrected chi connectivity index (χ0v) is 28.1. The summed E-state index contributed by atoms with van der Waals surface area (Å²) in [5.41, 5.74) is 0.753. The van der Waals surface area contributed by atoms with Gasteiger partial charge >= 0.3 is 0 Å². The highest BCUT2D eigenvalue weighted by Gasteiger charge is 2.71. The molecular weight excluding hydrogens is 522 g/mol. The van der Waals surface area contributed by atoms with Crippen LogP contribution < -0.4 is 0 Å². The molecule has 0 aromatic rings. The summed E-state index contributed by atoms with van der Waals surface area (Å²) in [6.07, 6.45) is 10.0. The third-order valence-corrected chi connectivity index (χ3v) is 15.1. The number of hydrogen-bond donors (Lipinski definition) is 2. The molecule has 4 saturated carbocycles. The lowest BCUT2D eigenvalue weighted by Crippen LogP contribution is -2.66. The summed E-state index contributed by atoms with van der Waals surface area (Å²) in [4.78, 5) is 30.8. The lowest BCUT2D eigenvalue weighted by molar-refractivity contribution is -0.228. The minimum atomic E-state index is -0.958. The van der Waals surface area contributed by atoms with E-state index in [2.05, 4.69) is 48.5 Å². The van der Waals surface area contributed by atoms with Crippen molar-refractivity contribution in [2.75, 3.05) is 6.54 Å². The Balaban J connectivity index is 1.43. The van der Waals surface area contributed by atoms with Gasteiger partial charge in [0, 0.05) is 13.0 Å². The third-order valence-electron chi connectivity index (χ3n) is 15.1. The monoisotopic (exact) mass is 581 g/mol. The molecule has 5 heteroatoms. The van der Waals surface area contributed by atoms with E-state index < -0.39 is 11.0 Å². The quantitative estimate of drug-likeness (QED) is 0.373. The summed E-state index contributed by atoms with van der Waals surface area (Å²) in [5, 5.41) is 22.1. The van der Waals surface area contributed by atoms with Crippen LogP contribution in [0.25, 0.3) is 0 Å². The Labute approximate surface area is 255 Å². The molecule has 5 aliphatic carbocycles.